The summed E-state index contributed by atoms with van der Waals surface area (Å²) in [5, 5.41) is 2.82. The molecule has 0 saturated carbocycles. The molecule has 140 valence electrons. The zero-order chi connectivity index (χ0) is 19.3. The van der Waals surface area contributed by atoms with Gasteiger partial charge in [-0.1, -0.05) is 22.9 Å². The minimum absolute atomic E-state index is 0.0105. The summed E-state index contributed by atoms with van der Waals surface area (Å²) in [7, 11) is -2.24. The Morgan fingerprint density at radius 2 is 2.08 bits per heavy atom. The van der Waals surface area contributed by atoms with Crippen molar-refractivity contribution in [1.29, 1.82) is 0 Å². The minimum Gasteiger partial charge on any atom is -0.363 e. The van der Waals surface area contributed by atoms with Crippen molar-refractivity contribution in [2.75, 3.05) is 5.75 Å². The molecule has 1 unspecified atom stereocenters. The Morgan fingerprint density at radius 1 is 1.38 bits per heavy atom. The molecular weight excluding hydrogens is 437 g/mol. The highest BCUT2D eigenvalue weighted by Gasteiger charge is 2.47. The van der Waals surface area contributed by atoms with Crippen LogP contribution in [-0.4, -0.2) is 28.7 Å². The summed E-state index contributed by atoms with van der Waals surface area (Å²) in [5.74, 6) is -0.142. The van der Waals surface area contributed by atoms with Gasteiger partial charge in [0.2, 0.25) is 4.87 Å². The van der Waals surface area contributed by atoms with Gasteiger partial charge in [0.1, 0.15) is 5.69 Å². The minimum atomic E-state index is -4.62. The van der Waals surface area contributed by atoms with Crippen LogP contribution < -0.4 is 5.32 Å². The summed E-state index contributed by atoms with van der Waals surface area (Å²) in [6, 6.07) is 0.808. The van der Waals surface area contributed by atoms with Crippen LogP contribution in [0, 0.1) is 0 Å². The van der Waals surface area contributed by atoms with Gasteiger partial charge in [0.25, 0.3) is 0 Å². The quantitative estimate of drug-likeness (QED) is 0.777. The predicted octanol–water partition coefficient (Wildman–Crippen LogP) is 2.97. The second-order valence-electron chi connectivity index (χ2n) is 5.70. The highest BCUT2D eigenvalue weighted by Crippen LogP contribution is 2.36. The Bertz CT molecular complexity index is 1040. The molecule has 0 saturated heterocycles. The van der Waals surface area contributed by atoms with Crippen molar-refractivity contribution < 1.29 is 21.6 Å². The summed E-state index contributed by atoms with van der Waals surface area (Å²) in [6.07, 6.45) is 0.933. The van der Waals surface area contributed by atoms with Gasteiger partial charge in [0, 0.05) is 11.5 Å². The van der Waals surface area contributed by atoms with Crippen LogP contribution in [0.15, 0.2) is 35.1 Å². The first kappa shape index (κ1) is 18.9. The lowest BCUT2D eigenvalue weighted by molar-refractivity contribution is -0.141. The summed E-state index contributed by atoms with van der Waals surface area (Å²) in [6.45, 7) is 1.49. The third-order valence-corrected chi connectivity index (χ3v) is 6.79. The van der Waals surface area contributed by atoms with Gasteiger partial charge in [-0.25, -0.2) is 18.4 Å². The molecule has 2 aromatic heterocycles. The SMILES string of the molecule is CCS(=O)(=O)C1(c2nc3cc(C(F)(F)F)ncc3n2C)C=C(Br)C=CN1. The highest BCUT2D eigenvalue weighted by molar-refractivity contribution is 9.11. The van der Waals surface area contributed by atoms with Crippen molar-refractivity contribution in [2.24, 2.45) is 7.05 Å². The smallest absolute Gasteiger partial charge is 0.363 e. The molecule has 1 aliphatic heterocycles. The normalized spacial score (nSPS) is 20.9. The van der Waals surface area contributed by atoms with Gasteiger partial charge in [-0.05, 0) is 24.4 Å². The van der Waals surface area contributed by atoms with E-state index in [4.69, 9.17) is 0 Å². The number of aromatic nitrogens is 3. The number of rotatable bonds is 3. The molecule has 0 aromatic carbocycles. The molecular formula is C15H14BrF3N4O2S. The summed E-state index contributed by atoms with van der Waals surface area (Å²) >= 11 is 3.26. The van der Waals surface area contributed by atoms with Crippen LogP contribution in [0.5, 0.6) is 0 Å². The van der Waals surface area contributed by atoms with Crippen molar-refractivity contribution in [2.45, 2.75) is 18.0 Å². The molecule has 3 heterocycles. The van der Waals surface area contributed by atoms with Gasteiger partial charge < -0.3 is 9.88 Å². The van der Waals surface area contributed by atoms with Crippen LogP contribution in [0.1, 0.15) is 18.4 Å². The molecule has 26 heavy (non-hydrogen) atoms. The van der Waals surface area contributed by atoms with Gasteiger partial charge in [-0.2, -0.15) is 13.2 Å². The first-order valence-electron chi connectivity index (χ1n) is 7.47. The zero-order valence-corrected chi connectivity index (χ0v) is 16.1. The van der Waals surface area contributed by atoms with E-state index < -0.39 is 26.6 Å². The number of fused-ring (bicyclic) bond motifs is 1. The Morgan fingerprint density at radius 3 is 2.65 bits per heavy atom. The van der Waals surface area contributed by atoms with Gasteiger partial charge in [0.15, 0.2) is 15.7 Å². The number of imidazole rings is 1. The number of nitrogens with zero attached hydrogens (tertiary/aromatic N) is 3. The lowest BCUT2D eigenvalue weighted by Gasteiger charge is -2.32. The average molecular weight is 451 g/mol. The number of aryl methyl sites for hydroxylation is 1. The maximum atomic E-state index is 12.9. The van der Waals surface area contributed by atoms with Crippen molar-refractivity contribution >= 4 is 36.8 Å². The third-order valence-electron chi connectivity index (χ3n) is 4.14. The molecule has 3 rings (SSSR count). The zero-order valence-electron chi connectivity index (χ0n) is 13.7. The lowest BCUT2D eigenvalue weighted by atomic mass is 10.2. The van der Waals surface area contributed by atoms with E-state index in [2.05, 4.69) is 31.2 Å². The van der Waals surface area contributed by atoms with Crippen molar-refractivity contribution in [3.63, 3.8) is 0 Å². The molecule has 1 atom stereocenters. The Labute approximate surface area is 155 Å². The molecule has 1 aliphatic rings. The number of pyridine rings is 1. The average Bonchev–Trinajstić information content (AvgIpc) is 2.90. The van der Waals surface area contributed by atoms with Gasteiger partial charge >= 0.3 is 6.18 Å². The van der Waals surface area contributed by atoms with Crippen LogP contribution in [0.4, 0.5) is 13.2 Å². The second-order valence-corrected chi connectivity index (χ2v) is 9.06. The fourth-order valence-electron chi connectivity index (χ4n) is 2.78. The van der Waals surface area contributed by atoms with Crippen molar-refractivity contribution in [3.05, 3.63) is 46.6 Å². The van der Waals surface area contributed by atoms with Crippen LogP contribution in [-0.2, 0) is 27.9 Å². The summed E-state index contributed by atoms with van der Waals surface area (Å²) < 4.78 is 66.4. The fourth-order valence-corrected chi connectivity index (χ4v) is 4.88. The summed E-state index contributed by atoms with van der Waals surface area (Å²) in [4.78, 5) is 5.93. The maximum absolute atomic E-state index is 12.9. The molecule has 1 N–H and O–H groups in total. The molecule has 0 amide bonds. The standard InChI is InChI=1S/C15H14BrF3N4O2S/c1-3-26(24,25)14(7-9(16)4-5-21-14)13-22-10-6-12(15(17,18)19)20-8-11(10)23(13)2/h4-8,21H,3H2,1-2H3. The van der Waals surface area contributed by atoms with E-state index in [0.29, 0.717) is 10.00 Å². The molecule has 0 spiro atoms. The van der Waals surface area contributed by atoms with E-state index in [-0.39, 0.29) is 17.1 Å². The van der Waals surface area contributed by atoms with E-state index in [9.17, 15) is 21.6 Å². The number of hydrogen-bond acceptors (Lipinski definition) is 5. The molecule has 0 aliphatic carbocycles. The largest absolute Gasteiger partial charge is 0.433 e. The number of hydrogen-bond donors (Lipinski definition) is 1. The van der Waals surface area contributed by atoms with Crippen molar-refractivity contribution in [1.82, 2.24) is 19.9 Å². The van der Waals surface area contributed by atoms with E-state index in [0.717, 1.165) is 12.3 Å². The lowest BCUT2D eigenvalue weighted by Crippen LogP contribution is -2.48. The van der Waals surface area contributed by atoms with Gasteiger partial charge in [-0.3, -0.25) is 0 Å². The first-order valence-corrected chi connectivity index (χ1v) is 9.91. The van der Waals surface area contributed by atoms with Gasteiger partial charge in [0.05, 0.1) is 23.0 Å². The molecule has 0 fully saturated rings. The van der Waals surface area contributed by atoms with E-state index >= 15 is 0 Å². The summed E-state index contributed by atoms with van der Waals surface area (Å²) in [5.41, 5.74) is -0.786. The second kappa shape index (κ2) is 6.08. The fraction of sp³-hybridized carbons (Fsp3) is 0.333. The number of alkyl halides is 3. The van der Waals surface area contributed by atoms with Crippen molar-refractivity contribution in [3.8, 4) is 0 Å². The molecule has 0 radical (unpaired) electrons. The number of sulfone groups is 1. The Hall–Kier alpha value is -1.88. The predicted molar refractivity (Wildman–Crippen MR) is 93.9 cm³/mol. The topological polar surface area (TPSA) is 76.9 Å². The molecule has 0 bridgehead atoms. The van der Waals surface area contributed by atoms with Crippen LogP contribution >= 0.6 is 15.9 Å². The van der Waals surface area contributed by atoms with E-state index in [1.54, 1.807) is 6.08 Å². The Kier molecular flexibility index (Phi) is 4.42. The van der Waals surface area contributed by atoms with Crippen LogP contribution in [0.25, 0.3) is 11.0 Å². The first-order chi connectivity index (χ1) is 12.0. The molecule has 11 heteroatoms. The monoisotopic (exact) mass is 450 g/mol. The van der Waals surface area contributed by atoms with Crippen LogP contribution in [0.2, 0.25) is 0 Å². The number of nitrogens with one attached hydrogen (secondary N) is 1. The van der Waals surface area contributed by atoms with Crippen LogP contribution in [0.3, 0.4) is 0 Å². The molecule has 6 nitrogen and oxygen atoms in total. The number of dihydropyridines is 1. The third kappa shape index (κ3) is 2.82. The molecule has 2 aromatic rings. The highest BCUT2D eigenvalue weighted by atomic mass is 79.9. The van der Waals surface area contributed by atoms with Gasteiger partial charge in [-0.15, -0.1) is 0 Å². The van der Waals surface area contributed by atoms with E-state index in [1.165, 1.54) is 30.8 Å². The number of halogens is 4. The number of allylic oxidation sites excluding steroid dienone is 2. The Balaban J connectivity index is 2.31. The van der Waals surface area contributed by atoms with E-state index in [1.807, 2.05) is 0 Å². The maximum Gasteiger partial charge on any atom is 0.433 e.